The summed E-state index contributed by atoms with van der Waals surface area (Å²) < 4.78 is 6.89. The van der Waals surface area contributed by atoms with Gasteiger partial charge in [-0.25, -0.2) is 0 Å². The third-order valence-corrected chi connectivity index (χ3v) is 5.90. The third kappa shape index (κ3) is 2.55. The molecule has 1 aromatic heterocycles. The van der Waals surface area contributed by atoms with Crippen LogP contribution in [0.15, 0.2) is 9.85 Å². The molecule has 1 aliphatic rings. The molecule has 0 amide bonds. The molecule has 0 spiro atoms. The van der Waals surface area contributed by atoms with Gasteiger partial charge in [0.1, 0.15) is 0 Å². The highest BCUT2D eigenvalue weighted by Crippen LogP contribution is 2.46. The largest absolute Gasteiger partial charge is 0.378 e. The van der Waals surface area contributed by atoms with Crippen LogP contribution in [-0.4, -0.2) is 12.7 Å². The number of halogens is 2. The molecule has 16 heavy (non-hydrogen) atoms. The minimum atomic E-state index is 0.134. The maximum Gasteiger partial charge on any atom is 0.0704 e. The second-order valence-electron chi connectivity index (χ2n) is 4.47. The molecule has 0 radical (unpaired) electrons. The first-order valence-electron chi connectivity index (χ1n) is 5.51. The van der Waals surface area contributed by atoms with Crippen molar-refractivity contribution in [3.8, 4) is 0 Å². The van der Waals surface area contributed by atoms with Crippen LogP contribution in [-0.2, 0) is 4.74 Å². The topological polar surface area (TPSA) is 9.23 Å². The van der Waals surface area contributed by atoms with Crippen molar-refractivity contribution in [1.82, 2.24) is 0 Å². The Morgan fingerprint density at radius 1 is 1.56 bits per heavy atom. The molecular formula is C12H16Br2OS. The van der Waals surface area contributed by atoms with Gasteiger partial charge in [0.15, 0.2) is 0 Å². The molecule has 1 atom stereocenters. The summed E-state index contributed by atoms with van der Waals surface area (Å²) in [6.07, 6.45) is 4.79. The van der Waals surface area contributed by atoms with Gasteiger partial charge in [-0.05, 0) is 60.2 Å². The highest BCUT2D eigenvalue weighted by molar-refractivity contribution is 9.11. The SMILES string of the molecule is COC1(CC(Br)c2cc(Br)sc2C)CCC1. The minimum absolute atomic E-state index is 0.134. The zero-order chi connectivity index (χ0) is 11.8. The number of methoxy groups -OCH3 is 1. The molecule has 1 unspecified atom stereocenters. The second-order valence-corrected chi connectivity index (χ2v) is 8.22. The van der Waals surface area contributed by atoms with Gasteiger partial charge >= 0.3 is 0 Å². The van der Waals surface area contributed by atoms with Crippen LogP contribution in [0.2, 0.25) is 0 Å². The smallest absolute Gasteiger partial charge is 0.0704 e. The van der Waals surface area contributed by atoms with Crippen LogP contribution in [0.5, 0.6) is 0 Å². The Balaban J connectivity index is 2.07. The molecule has 0 aliphatic heterocycles. The summed E-state index contributed by atoms with van der Waals surface area (Å²) in [4.78, 5) is 1.80. The predicted octanol–water partition coefficient (Wildman–Crippen LogP) is 5.21. The van der Waals surface area contributed by atoms with Crippen molar-refractivity contribution in [2.75, 3.05) is 7.11 Å². The van der Waals surface area contributed by atoms with Crippen LogP contribution in [0.25, 0.3) is 0 Å². The zero-order valence-corrected chi connectivity index (χ0v) is 13.5. The van der Waals surface area contributed by atoms with Crippen LogP contribution < -0.4 is 0 Å². The molecular weight excluding hydrogens is 352 g/mol. The predicted molar refractivity (Wildman–Crippen MR) is 76.6 cm³/mol. The Hall–Kier alpha value is 0.620. The van der Waals surface area contributed by atoms with Gasteiger partial charge in [-0.1, -0.05) is 15.9 Å². The van der Waals surface area contributed by atoms with E-state index in [-0.39, 0.29) is 5.60 Å². The van der Waals surface area contributed by atoms with Gasteiger partial charge in [-0.2, -0.15) is 0 Å². The Morgan fingerprint density at radius 2 is 2.25 bits per heavy atom. The summed E-state index contributed by atoms with van der Waals surface area (Å²) in [6.45, 7) is 2.18. The van der Waals surface area contributed by atoms with Crippen molar-refractivity contribution < 1.29 is 4.74 Å². The van der Waals surface area contributed by atoms with E-state index >= 15 is 0 Å². The molecule has 0 bridgehead atoms. The lowest BCUT2D eigenvalue weighted by atomic mass is 9.76. The average molecular weight is 368 g/mol. The summed E-state index contributed by atoms with van der Waals surface area (Å²) in [5.74, 6) is 0. The Kier molecular flexibility index (Phi) is 4.15. The molecule has 2 rings (SSSR count). The lowest BCUT2D eigenvalue weighted by molar-refractivity contribution is -0.0773. The van der Waals surface area contributed by atoms with Crippen molar-refractivity contribution in [2.45, 2.75) is 43.0 Å². The van der Waals surface area contributed by atoms with Crippen molar-refractivity contribution in [3.63, 3.8) is 0 Å². The maximum absolute atomic E-state index is 5.67. The lowest BCUT2D eigenvalue weighted by Gasteiger charge is -2.42. The molecule has 1 heterocycles. The fraction of sp³-hybridized carbons (Fsp3) is 0.667. The maximum atomic E-state index is 5.67. The van der Waals surface area contributed by atoms with Gasteiger partial charge in [0.05, 0.1) is 9.39 Å². The number of hydrogen-bond acceptors (Lipinski definition) is 2. The van der Waals surface area contributed by atoms with Crippen molar-refractivity contribution in [2.24, 2.45) is 0 Å². The molecule has 0 saturated heterocycles. The molecule has 1 fully saturated rings. The molecule has 1 saturated carbocycles. The number of aryl methyl sites for hydroxylation is 1. The Bertz CT molecular complexity index is 366. The first-order chi connectivity index (χ1) is 7.56. The third-order valence-electron chi connectivity index (χ3n) is 3.51. The average Bonchev–Trinajstić information content (AvgIpc) is 2.51. The van der Waals surface area contributed by atoms with E-state index in [2.05, 4.69) is 44.8 Å². The lowest BCUT2D eigenvalue weighted by Crippen LogP contribution is -2.39. The monoisotopic (exact) mass is 366 g/mol. The molecule has 0 N–H and O–H groups in total. The van der Waals surface area contributed by atoms with Gasteiger partial charge in [0, 0.05) is 16.8 Å². The highest BCUT2D eigenvalue weighted by Gasteiger charge is 2.39. The first kappa shape index (κ1) is 13.1. The van der Waals surface area contributed by atoms with Crippen molar-refractivity contribution in [1.29, 1.82) is 0 Å². The fourth-order valence-corrected chi connectivity index (χ4v) is 5.26. The van der Waals surface area contributed by atoms with E-state index in [1.165, 1.54) is 33.5 Å². The highest BCUT2D eigenvalue weighted by atomic mass is 79.9. The summed E-state index contributed by atoms with van der Waals surface area (Å²) in [5.41, 5.74) is 1.54. The van der Waals surface area contributed by atoms with Crippen LogP contribution in [0.1, 0.15) is 41.0 Å². The van der Waals surface area contributed by atoms with E-state index in [1.54, 1.807) is 11.3 Å². The summed E-state index contributed by atoms with van der Waals surface area (Å²) >= 11 is 9.16. The molecule has 1 nitrogen and oxygen atoms in total. The van der Waals surface area contributed by atoms with Gasteiger partial charge in [-0.15, -0.1) is 11.3 Å². The van der Waals surface area contributed by atoms with Gasteiger partial charge in [-0.3, -0.25) is 0 Å². The number of hydrogen-bond donors (Lipinski definition) is 0. The first-order valence-corrected chi connectivity index (χ1v) is 8.04. The van der Waals surface area contributed by atoms with Gasteiger partial charge in [0.25, 0.3) is 0 Å². The second kappa shape index (κ2) is 5.09. The van der Waals surface area contributed by atoms with E-state index in [0.717, 1.165) is 6.42 Å². The van der Waals surface area contributed by atoms with Gasteiger partial charge < -0.3 is 4.74 Å². The molecule has 4 heteroatoms. The fourth-order valence-electron chi connectivity index (χ4n) is 2.27. The summed E-state index contributed by atoms with van der Waals surface area (Å²) in [6, 6.07) is 2.22. The summed E-state index contributed by atoms with van der Waals surface area (Å²) in [5, 5.41) is 0. The van der Waals surface area contributed by atoms with E-state index in [1.807, 2.05) is 7.11 Å². The number of alkyl halides is 1. The van der Waals surface area contributed by atoms with E-state index in [4.69, 9.17) is 4.74 Å². The van der Waals surface area contributed by atoms with Crippen LogP contribution in [0.3, 0.4) is 0 Å². The van der Waals surface area contributed by atoms with E-state index in [0.29, 0.717) is 4.83 Å². The van der Waals surface area contributed by atoms with Crippen molar-refractivity contribution in [3.05, 3.63) is 20.3 Å². The Morgan fingerprint density at radius 3 is 2.62 bits per heavy atom. The van der Waals surface area contributed by atoms with Crippen LogP contribution >= 0.6 is 43.2 Å². The number of thiophene rings is 1. The Labute approximate surface area is 118 Å². The minimum Gasteiger partial charge on any atom is -0.378 e. The molecule has 0 aromatic carbocycles. The standard InChI is InChI=1S/C12H16Br2OS/c1-8-9(6-11(14)16-8)10(13)7-12(15-2)4-3-5-12/h6,10H,3-5,7H2,1-2H3. The van der Waals surface area contributed by atoms with Crippen LogP contribution in [0, 0.1) is 6.92 Å². The van der Waals surface area contributed by atoms with E-state index < -0.39 is 0 Å². The van der Waals surface area contributed by atoms with Crippen molar-refractivity contribution >= 4 is 43.2 Å². The number of ether oxygens (including phenoxy) is 1. The normalized spacial score (nSPS) is 20.5. The van der Waals surface area contributed by atoms with Gasteiger partial charge in [0.2, 0.25) is 0 Å². The van der Waals surface area contributed by atoms with Crippen LogP contribution in [0.4, 0.5) is 0 Å². The summed E-state index contributed by atoms with van der Waals surface area (Å²) in [7, 11) is 1.84. The molecule has 1 aromatic rings. The zero-order valence-electron chi connectivity index (χ0n) is 9.56. The quantitative estimate of drug-likeness (QED) is 0.663. The molecule has 1 aliphatic carbocycles. The molecule has 90 valence electrons. The van der Waals surface area contributed by atoms with E-state index in [9.17, 15) is 0 Å². The number of rotatable bonds is 4.